The minimum absolute atomic E-state index is 0.146. The number of fused-ring (bicyclic) bond motifs is 1. The van der Waals surface area contributed by atoms with E-state index in [2.05, 4.69) is 46.3 Å². The quantitative estimate of drug-likeness (QED) is 0.421. The lowest BCUT2D eigenvalue weighted by Crippen LogP contribution is -2.42. The van der Waals surface area contributed by atoms with E-state index in [1.54, 1.807) is 0 Å². The summed E-state index contributed by atoms with van der Waals surface area (Å²) >= 11 is 3.62. The van der Waals surface area contributed by atoms with Gasteiger partial charge in [-0.15, -0.1) is 0 Å². The van der Waals surface area contributed by atoms with Crippen LogP contribution in [0.5, 0.6) is 0 Å². The molecule has 2 heterocycles. The molecule has 2 aromatic carbocycles. The summed E-state index contributed by atoms with van der Waals surface area (Å²) in [6, 6.07) is 18.6. The number of nitrogens with two attached hydrogens (primary N) is 1. The van der Waals surface area contributed by atoms with Crippen LogP contribution in [-0.4, -0.2) is 25.5 Å². The van der Waals surface area contributed by atoms with Crippen molar-refractivity contribution in [3.05, 3.63) is 64.6 Å². The van der Waals surface area contributed by atoms with Crippen LogP contribution in [0.3, 0.4) is 0 Å². The second kappa shape index (κ2) is 6.93. The van der Waals surface area contributed by atoms with Gasteiger partial charge in [-0.2, -0.15) is 5.10 Å². The van der Waals surface area contributed by atoms with E-state index >= 15 is 0 Å². The van der Waals surface area contributed by atoms with Crippen LogP contribution < -0.4 is 5.73 Å². The molecule has 1 aliphatic rings. The maximum Gasteiger partial charge on any atom is 0.125 e. The summed E-state index contributed by atoms with van der Waals surface area (Å²) in [5.41, 5.74) is 11.5. The van der Waals surface area contributed by atoms with E-state index in [1.165, 1.54) is 0 Å². The zero-order valence-corrected chi connectivity index (χ0v) is 18.5. The molecule has 0 aliphatic heterocycles. The van der Waals surface area contributed by atoms with Crippen molar-refractivity contribution >= 4 is 32.7 Å². The number of aliphatic hydroxyl groups is 1. The Morgan fingerprint density at radius 3 is 2.60 bits per heavy atom. The molecule has 0 bridgehead atoms. The highest BCUT2D eigenvalue weighted by molar-refractivity contribution is 9.10. The fraction of sp³-hybridized carbons (Fsp3) is 0.250. The van der Waals surface area contributed by atoms with Gasteiger partial charge in [-0.25, -0.2) is 9.67 Å². The number of hydrogen-bond acceptors (Lipinski definition) is 4. The summed E-state index contributed by atoms with van der Waals surface area (Å²) in [4.78, 5) is 4.90. The van der Waals surface area contributed by atoms with E-state index < -0.39 is 5.60 Å². The van der Waals surface area contributed by atoms with E-state index in [1.807, 2.05) is 42.8 Å². The molecule has 5 nitrogen and oxygen atoms in total. The summed E-state index contributed by atoms with van der Waals surface area (Å²) < 4.78 is 2.89. The molecule has 0 saturated heterocycles. The first-order valence-corrected chi connectivity index (χ1v) is 10.8. The SMILES string of the molecule is Cc1c(-c2ccc3ccc(-c4ccccc4Br)nc3c2)nn([C@H]2C[C@@](C)(O)C2)c1N. The summed E-state index contributed by atoms with van der Waals surface area (Å²) in [5, 5.41) is 16.0. The van der Waals surface area contributed by atoms with Crippen molar-refractivity contribution in [1.82, 2.24) is 14.8 Å². The van der Waals surface area contributed by atoms with Crippen molar-refractivity contribution < 1.29 is 5.11 Å². The summed E-state index contributed by atoms with van der Waals surface area (Å²) in [7, 11) is 0. The third kappa shape index (κ3) is 3.20. The molecule has 3 N–H and O–H groups in total. The van der Waals surface area contributed by atoms with E-state index in [4.69, 9.17) is 15.8 Å². The third-order valence-electron chi connectivity index (χ3n) is 6.01. The zero-order valence-electron chi connectivity index (χ0n) is 16.9. The Balaban J connectivity index is 1.56. The molecule has 152 valence electrons. The van der Waals surface area contributed by atoms with Crippen molar-refractivity contribution in [2.45, 2.75) is 38.3 Å². The van der Waals surface area contributed by atoms with Crippen LogP contribution in [-0.2, 0) is 0 Å². The number of anilines is 1. The number of hydrogen-bond donors (Lipinski definition) is 2. The lowest BCUT2D eigenvalue weighted by Gasteiger charge is -2.41. The topological polar surface area (TPSA) is 77.0 Å². The van der Waals surface area contributed by atoms with E-state index in [-0.39, 0.29) is 6.04 Å². The molecular weight excluding hydrogens is 440 g/mol. The number of nitrogens with zero attached hydrogens (tertiary/aromatic N) is 3. The summed E-state index contributed by atoms with van der Waals surface area (Å²) in [6.45, 7) is 3.86. The average Bonchev–Trinajstić information content (AvgIpc) is 3.00. The summed E-state index contributed by atoms with van der Waals surface area (Å²) in [5.74, 6) is 0.667. The van der Waals surface area contributed by atoms with Gasteiger partial charge in [0, 0.05) is 26.5 Å². The third-order valence-corrected chi connectivity index (χ3v) is 6.70. The van der Waals surface area contributed by atoms with Gasteiger partial charge in [-0.3, -0.25) is 0 Å². The van der Waals surface area contributed by atoms with Crippen LogP contribution in [0, 0.1) is 6.92 Å². The molecule has 0 spiro atoms. The standard InChI is InChI=1S/C24H23BrN4O/c1-14-22(28-29(23(14)26)17-12-24(2,30)13-17)16-8-7-15-9-10-20(27-21(15)11-16)18-5-3-4-6-19(18)25/h3-11,17,30H,12-13,26H2,1-2H3/t17-,24+. The summed E-state index contributed by atoms with van der Waals surface area (Å²) in [6.07, 6.45) is 1.35. The van der Waals surface area contributed by atoms with E-state index in [9.17, 15) is 5.11 Å². The Morgan fingerprint density at radius 2 is 1.87 bits per heavy atom. The monoisotopic (exact) mass is 462 g/mol. The Bertz CT molecular complexity index is 1270. The fourth-order valence-electron chi connectivity index (χ4n) is 4.29. The highest BCUT2D eigenvalue weighted by atomic mass is 79.9. The van der Waals surface area contributed by atoms with Gasteiger partial charge in [0.1, 0.15) is 5.82 Å². The second-order valence-corrected chi connectivity index (χ2v) is 9.30. The Morgan fingerprint density at radius 1 is 1.13 bits per heavy atom. The van der Waals surface area contributed by atoms with Gasteiger partial charge in [0.05, 0.1) is 28.5 Å². The highest BCUT2D eigenvalue weighted by Crippen LogP contribution is 2.43. The minimum atomic E-state index is -0.619. The van der Waals surface area contributed by atoms with Crippen molar-refractivity contribution in [3.8, 4) is 22.5 Å². The lowest BCUT2D eigenvalue weighted by molar-refractivity contribution is -0.0535. The first kappa shape index (κ1) is 19.3. The Labute approximate surface area is 183 Å². The van der Waals surface area contributed by atoms with Crippen LogP contribution in [0.1, 0.15) is 31.4 Å². The number of aromatic nitrogens is 3. The number of benzene rings is 2. The van der Waals surface area contributed by atoms with Gasteiger partial charge in [0.2, 0.25) is 0 Å². The van der Waals surface area contributed by atoms with Crippen LogP contribution >= 0.6 is 15.9 Å². The number of rotatable bonds is 3. The van der Waals surface area contributed by atoms with Gasteiger partial charge in [-0.1, -0.05) is 52.3 Å². The van der Waals surface area contributed by atoms with Crippen LogP contribution in [0.15, 0.2) is 59.1 Å². The Kier molecular flexibility index (Phi) is 4.45. The average molecular weight is 463 g/mol. The normalized spacial score (nSPS) is 21.0. The van der Waals surface area contributed by atoms with Crippen molar-refractivity contribution in [3.63, 3.8) is 0 Å². The minimum Gasteiger partial charge on any atom is -0.390 e. The maximum absolute atomic E-state index is 10.1. The van der Waals surface area contributed by atoms with Gasteiger partial charge in [0.15, 0.2) is 0 Å². The number of pyridine rings is 1. The maximum atomic E-state index is 10.1. The molecular formula is C24H23BrN4O. The van der Waals surface area contributed by atoms with Gasteiger partial charge >= 0.3 is 0 Å². The van der Waals surface area contributed by atoms with E-state index in [0.717, 1.165) is 43.5 Å². The second-order valence-electron chi connectivity index (χ2n) is 8.45. The first-order chi connectivity index (χ1) is 14.3. The zero-order chi connectivity index (χ0) is 21.0. The molecule has 4 aromatic rings. The molecule has 5 rings (SSSR count). The van der Waals surface area contributed by atoms with Crippen LogP contribution in [0.2, 0.25) is 0 Å². The number of halogens is 1. The molecule has 1 saturated carbocycles. The highest BCUT2D eigenvalue weighted by Gasteiger charge is 2.41. The molecule has 1 fully saturated rings. The first-order valence-electron chi connectivity index (χ1n) is 10.1. The molecule has 0 atom stereocenters. The predicted octanol–water partition coefficient (Wildman–Crippen LogP) is 5.50. The van der Waals surface area contributed by atoms with Crippen LogP contribution in [0.25, 0.3) is 33.4 Å². The molecule has 1 aliphatic carbocycles. The Hall–Kier alpha value is -2.70. The van der Waals surface area contributed by atoms with E-state index in [0.29, 0.717) is 18.7 Å². The van der Waals surface area contributed by atoms with Crippen LogP contribution in [0.4, 0.5) is 5.82 Å². The predicted molar refractivity (Wildman–Crippen MR) is 124 cm³/mol. The van der Waals surface area contributed by atoms with Crippen molar-refractivity contribution in [2.75, 3.05) is 5.73 Å². The van der Waals surface area contributed by atoms with Gasteiger partial charge in [-0.05, 0) is 44.9 Å². The smallest absolute Gasteiger partial charge is 0.125 e. The largest absolute Gasteiger partial charge is 0.390 e. The fourth-order valence-corrected chi connectivity index (χ4v) is 4.78. The van der Waals surface area contributed by atoms with Crippen molar-refractivity contribution in [1.29, 1.82) is 0 Å². The molecule has 0 radical (unpaired) electrons. The van der Waals surface area contributed by atoms with Gasteiger partial charge in [0.25, 0.3) is 0 Å². The molecule has 0 amide bonds. The van der Waals surface area contributed by atoms with Crippen molar-refractivity contribution in [2.24, 2.45) is 0 Å². The molecule has 6 heteroatoms. The lowest BCUT2D eigenvalue weighted by atomic mass is 9.77. The number of nitrogen functional groups attached to an aromatic ring is 1. The molecule has 2 aromatic heterocycles. The molecule has 0 unspecified atom stereocenters. The van der Waals surface area contributed by atoms with Gasteiger partial charge < -0.3 is 10.8 Å². The molecule has 30 heavy (non-hydrogen) atoms.